The summed E-state index contributed by atoms with van der Waals surface area (Å²) in [5.41, 5.74) is 1.43. The quantitative estimate of drug-likeness (QED) is 0.525. The lowest BCUT2D eigenvalue weighted by Gasteiger charge is -2.59. The van der Waals surface area contributed by atoms with E-state index in [0.29, 0.717) is 17.1 Å². The van der Waals surface area contributed by atoms with Gasteiger partial charge in [-0.25, -0.2) is 0 Å². The Morgan fingerprint density at radius 3 is 2.67 bits per heavy atom. The van der Waals surface area contributed by atoms with Crippen molar-refractivity contribution >= 4 is 11.9 Å². The van der Waals surface area contributed by atoms with E-state index < -0.39 is 0 Å². The third-order valence-corrected chi connectivity index (χ3v) is 9.30. The van der Waals surface area contributed by atoms with Crippen LogP contribution in [0.1, 0.15) is 83.2 Å². The molecular weight excluding hydrogens is 332 g/mol. The van der Waals surface area contributed by atoms with E-state index in [9.17, 15) is 4.79 Å². The van der Waals surface area contributed by atoms with E-state index in [1.54, 1.807) is 0 Å². The van der Waals surface area contributed by atoms with Gasteiger partial charge in [0.1, 0.15) is 11.5 Å². The van der Waals surface area contributed by atoms with Crippen LogP contribution in [0.5, 0.6) is 0 Å². The first-order valence-electron chi connectivity index (χ1n) is 11.2. The third kappa shape index (κ3) is 2.54. The Morgan fingerprint density at radius 1 is 1.04 bits per heavy atom. The molecule has 6 atom stereocenters. The number of fused-ring (bicyclic) bond motifs is 5. The lowest BCUT2D eigenvalue weighted by Crippen LogP contribution is -2.52. The summed E-state index contributed by atoms with van der Waals surface area (Å²) in [4.78, 5) is 13.4. The molecule has 0 aromatic carbocycles. The fourth-order valence-electron chi connectivity index (χ4n) is 7.80. The topological polar surface area (TPSA) is 30.2 Å². The lowest BCUT2D eigenvalue weighted by molar-refractivity contribution is -0.137. The number of carbonyl (C=O) groups excluding carboxylic acids is 1. The maximum Gasteiger partial charge on any atom is 0.165 e. The molecule has 1 aromatic rings. The molecule has 27 heavy (non-hydrogen) atoms. The van der Waals surface area contributed by atoms with Crippen molar-refractivity contribution < 1.29 is 9.21 Å². The summed E-state index contributed by atoms with van der Waals surface area (Å²) in [5.74, 6) is 5.25. The number of carbonyl (C=O) groups is 1. The van der Waals surface area contributed by atoms with Crippen LogP contribution in [0.15, 0.2) is 22.1 Å². The molecule has 0 bridgehead atoms. The summed E-state index contributed by atoms with van der Waals surface area (Å²) >= 11 is 0. The summed E-state index contributed by atoms with van der Waals surface area (Å²) < 4.78 is 5.74. The predicted molar refractivity (Wildman–Crippen MR) is 108 cm³/mol. The Bertz CT molecular complexity index is 786. The molecule has 5 rings (SSSR count). The van der Waals surface area contributed by atoms with Crippen molar-refractivity contribution in [2.24, 2.45) is 34.5 Å². The van der Waals surface area contributed by atoms with Crippen LogP contribution in [0.2, 0.25) is 0 Å². The van der Waals surface area contributed by atoms with Gasteiger partial charge in [-0.2, -0.15) is 0 Å². The Balaban J connectivity index is 1.46. The van der Waals surface area contributed by atoms with Crippen LogP contribution >= 0.6 is 0 Å². The molecule has 4 aliphatic carbocycles. The molecule has 0 N–H and O–H groups in total. The van der Waals surface area contributed by atoms with Gasteiger partial charge in [0.15, 0.2) is 5.78 Å². The minimum absolute atomic E-state index is 0.132. The normalized spacial score (nSPS) is 45.4. The molecule has 1 aromatic heterocycles. The molecule has 4 aliphatic rings. The zero-order chi connectivity index (χ0) is 18.8. The predicted octanol–water partition coefficient (Wildman–Crippen LogP) is 6.58. The number of hydrogen-bond donors (Lipinski definition) is 0. The molecule has 0 spiro atoms. The Labute approximate surface area is 163 Å². The number of ketones is 1. The minimum Gasteiger partial charge on any atom is -0.462 e. The van der Waals surface area contributed by atoms with Gasteiger partial charge in [-0.15, -0.1) is 0 Å². The number of allylic oxidation sites excluding steroid dienone is 1. The highest BCUT2D eigenvalue weighted by atomic mass is 16.3. The van der Waals surface area contributed by atoms with Gasteiger partial charge in [0.2, 0.25) is 0 Å². The maximum atomic E-state index is 13.4. The SMILES string of the molecule is Cc1ccc(/C=C2/C[C@@H]3[C@H]4CC[C@@H]5CCCC[C@]5(C)[C@@H]4CC[C@]3(C)C2=O)o1. The standard InChI is InChI=1S/C25H34O2/c1-16-7-9-19(27-16)14-17-15-22-20-10-8-18-6-4-5-12-24(18,2)21(20)11-13-25(22,3)23(17)26/h7,9,14,18,20-22H,4-6,8,10-13,15H2,1-3H3/b17-14-/t18-,20-,21+,22+,24-,25-/m0/s1. The third-order valence-electron chi connectivity index (χ3n) is 9.30. The summed E-state index contributed by atoms with van der Waals surface area (Å²) in [6.45, 7) is 6.85. The maximum absolute atomic E-state index is 13.4. The van der Waals surface area contributed by atoms with Gasteiger partial charge in [0.25, 0.3) is 0 Å². The Kier molecular flexibility index (Phi) is 4.01. The second kappa shape index (κ2) is 6.09. The first-order chi connectivity index (χ1) is 12.9. The van der Waals surface area contributed by atoms with Crippen molar-refractivity contribution in [2.45, 2.75) is 78.6 Å². The van der Waals surface area contributed by atoms with Gasteiger partial charge < -0.3 is 4.42 Å². The van der Waals surface area contributed by atoms with Crippen LogP contribution in [0.4, 0.5) is 0 Å². The zero-order valence-electron chi connectivity index (χ0n) is 17.2. The zero-order valence-corrected chi connectivity index (χ0v) is 17.2. The highest BCUT2D eigenvalue weighted by Gasteiger charge is 2.60. The second-order valence-corrected chi connectivity index (χ2v) is 10.5. The van der Waals surface area contributed by atoms with Gasteiger partial charge in [0, 0.05) is 5.41 Å². The number of furan rings is 1. The molecule has 4 fully saturated rings. The van der Waals surface area contributed by atoms with E-state index in [-0.39, 0.29) is 5.41 Å². The summed E-state index contributed by atoms with van der Waals surface area (Å²) in [6, 6.07) is 3.98. The molecule has 2 heteroatoms. The van der Waals surface area contributed by atoms with Crippen molar-refractivity contribution in [3.63, 3.8) is 0 Å². The van der Waals surface area contributed by atoms with Crippen LogP contribution < -0.4 is 0 Å². The first kappa shape index (κ1) is 17.8. The molecule has 0 radical (unpaired) electrons. The minimum atomic E-state index is -0.132. The largest absolute Gasteiger partial charge is 0.462 e. The Hall–Kier alpha value is -1.31. The van der Waals surface area contributed by atoms with Crippen molar-refractivity contribution in [2.75, 3.05) is 0 Å². The van der Waals surface area contributed by atoms with Gasteiger partial charge in [-0.05, 0) is 105 Å². The smallest absolute Gasteiger partial charge is 0.165 e. The number of rotatable bonds is 1. The monoisotopic (exact) mass is 366 g/mol. The van der Waals surface area contributed by atoms with Crippen LogP contribution in [-0.4, -0.2) is 5.78 Å². The summed E-state index contributed by atoms with van der Waals surface area (Å²) in [5, 5.41) is 0. The fourth-order valence-corrected chi connectivity index (χ4v) is 7.80. The molecular formula is C25H34O2. The lowest BCUT2D eigenvalue weighted by atomic mass is 9.45. The summed E-state index contributed by atoms with van der Waals surface area (Å²) in [6.07, 6.45) is 13.8. The average molecular weight is 367 g/mol. The highest BCUT2D eigenvalue weighted by molar-refractivity contribution is 6.05. The molecule has 0 aliphatic heterocycles. The molecule has 0 unspecified atom stereocenters. The van der Waals surface area contributed by atoms with Crippen LogP contribution in [0.25, 0.3) is 6.08 Å². The van der Waals surface area contributed by atoms with Crippen LogP contribution in [-0.2, 0) is 4.79 Å². The Morgan fingerprint density at radius 2 is 1.89 bits per heavy atom. The highest BCUT2D eigenvalue weighted by Crippen LogP contribution is 2.66. The number of Topliss-reactive ketones (excluding diaryl/α,β-unsaturated/α-hetero) is 1. The number of hydrogen-bond acceptors (Lipinski definition) is 2. The molecule has 4 saturated carbocycles. The van der Waals surface area contributed by atoms with Gasteiger partial charge >= 0.3 is 0 Å². The van der Waals surface area contributed by atoms with E-state index in [1.165, 1.54) is 44.9 Å². The fraction of sp³-hybridized carbons (Fsp3) is 0.720. The molecule has 146 valence electrons. The molecule has 2 nitrogen and oxygen atoms in total. The van der Waals surface area contributed by atoms with Crippen LogP contribution in [0, 0.1) is 41.4 Å². The first-order valence-corrected chi connectivity index (χ1v) is 11.2. The molecule has 0 amide bonds. The van der Waals surface area contributed by atoms with E-state index in [0.717, 1.165) is 47.7 Å². The average Bonchev–Trinajstić information content (AvgIpc) is 3.16. The van der Waals surface area contributed by atoms with Gasteiger partial charge in [-0.1, -0.05) is 26.7 Å². The van der Waals surface area contributed by atoms with Crippen molar-refractivity contribution in [3.8, 4) is 0 Å². The van der Waals surface area contributed by atoms with E-state index in [4.69, 9.17) is 4.42 Å². The van der Waals surface area contributed by atoms with E-state index in [2.05, 4.69) is 13.8 Å². The van der Waals surface area contributed by atoms with Gasteiger partial charge in [-0.3, -0.25) is 4.79 Å². The molecule has 0 saturated heterocycles. The van der Waals surface area contributed by atoms with Crippen molar-refractivity contribution in [1.29, 1.82) is 0 Å². The van der Waals surface area contributed by atoms with Gasteiger partial charge in [0.05, 0.1) is 0 Å². The van der Waals surface area contributed by atoms with E-state index >= 15 is 0 Å². The second-order valence-electron chi connectivity index (χ2n) is 10.5. The van der Waals surface area contributed by atoms with E-state index in [1.807, 2.05) is 25.1 Å². The van der Waals surface area contributed by atoms with Crippen LogP contribution in [0.3, 0.4) is 0 Å². The number of aryl methyl sites for hydroxylation is 1. The summed E-state index contributed by atoms with van der Waals surface area (Å²) in [7, 11) is 0. The van der Waals surface area contributed by atoms with Crippen molar-refractivity contribution in [3.05, 3.63) is 29.2 Å². The van der Waals surface area contributed by atoms with Crippen molar-refractivity contribution in [1.82, 2.24) is 0 Å². The molecule has 1 heterocycles.